The Morgan fingerprint density at radius 1 is 1.17 bits per heavy atom. The topological polar surface area (TPSA) is 20.3 Å². The number of carbonyl (C=O) groups is 1. The van der Waals surface area contributed by atoms with Crippen molar-refractivity contribution in [3.63, 3.8) is 0 Å². The lowest BCUT2D eigenvalue weighted by Gasteiger charge is -2.25. The first-order chi connectivity index (χ1) is 8.68. The number of likely N-dealkylation sites (tertiary alicyclic amines) is 1. The van der Waals surface area contributed by atoms with Crippen LogP contribution < -0.4 is 0 Å². The molecule has 0 bridgehead atoms. The summed E-state index contributed by atoms with van der Waals surface area (Å²) in [5.41, 5.74) is 0.847. The first-order valence-electron chi connectivity index (χ1n) is 7.02. The summed E-state index contributed by atoms with van der Waals surface area (Å²) in [7, 11) is 0. The van der Waals surface area contributed by atoms with Crippen molar-refractivity contribution in [3.05, 3.63) is 35.9 Å². The molecule has 1 fully saturated rings. The fraction of sp³-hybridized carbons (Fsp3) is 0.562. The van der Waals surface area contributed by atoms with Gasteiger partial charge in [-0.1, -0.05) is 30.3 Å². The van der Waals surface area contributed by atoms with Crippen LogP contribution in [0.3, 0.4) is 0 Å². The Balaban J connectivity index is 1.77. The van der Waals surface area contributed by atoms with Crippen LogP contribution >= 0.6 is 0 Å². The largest absolute Gasteiger partial charge is 0.298 e. The Morgan fingerprint density at radius 2 is 1.78 bits per heavy atom. The zero-order valence-corrected chi connectivity index (χ0v) is 11.4. The zero-order chi connectivity index (χ0) is 13.0. The standard InChI is InChI=1S/C16H23NO/c1-13-10-11-14(2)17(13)12-6-9-16(18)15-7-4-3-5-8-15/h3-5,7-8,13-14H,6,9-12H2,1-2H3/t13-,14+. The molecule has 2 rings (SSSR count). The zero-order valence-electron chi connectivity index (χ0n) is 11.4. The average Bonchev–Trinajstić information content (AvgIpc) is 2.71. The number of rotatable bonds is 5. The predicted octanol–water partition coefficient (Wildman–Crippen LogP) is 3.52. The van der Waals surface area contributed by atoms with Gasteiger partial charge in [0, 0.05) is 24.1 Å². The van der Waals surface area contributed by atoms with Crippen LogP contribution in [-0.2, 0) is 0 Å². The molecule has 0 unspecified atom stereocenters. The lowest BCUT2D eigenvalue weighted by Crippen LogP contribution is -2.33. The summed E-state index contributed by atoms with van der Waals surface area (Å²) in [4.78, 5) is 14.5. The van der Waals surface area contributed by atoms with Crippen molar-refractivity contribution < 1.29 is 4.79 Å². The minimum Gasteiger partial charge on any atom is -0.298 e. The highest BCUT2D eigenvalue weighted by Crippen LogP contribution is 2.23. The molecule has 1 aliphatic heterocycles. The third-order valence-electron chi connectivity index (χ3n) is 4.05. The van der Waals surface area contributed by atoms with Crippen LogP contribution in [0.25, 0.3) is 0 Å². The van der Waals surface area contributed by atoms with E-state index in [0.29, 0.717) is 18.5 Å². The normalized spacial score (nSPS) is 24.3. The van der Waals surface area contributed by atoms with Gasteiger partial charge < -0.3 is 0 Å². The van der Waals surface area contributed by atoms with Gasteiger partial charge in [-0.05, 0) is 39.7 Å². The van der Waals surface area contributed by atoms with Crippen molar-refractivity contribution in [2.24, 2.45) is 0 Å². The number of hydrogen-bond acceptors (Lipinski definition) is 2. The summed E-state index contributed by atoms with van der Waals surface area (Å²) in [6.45, 7) is 5.64. The molecule has 1 aromatic carbocycles. The summed E-state index contributed by atoms with van der Waals surface area (Å²) < 4.78 is 0. The van der Waals surface area contributed by atoms with Crippen molar-refractivity contribution in [2.45, 2.75) is 51.6 Å². The maximum Gasteiger partial charge on any atom is 0.162 e. The summed E-state index contributed by atoms with van der Waals surface area (Å²) in [5, 5.41) is 0. The van der Waals surface area contributed by atoms with Crippen LogP contribution in [0.4, 0.5) is 0 Å². The summed E-state index contributed by atoms with van der Waals surface area (Å²) in [6.07, 6.45) is 4.24. The molecule has 98 valence electrons. The van der Waals surface area contributed by atoms with Crippen LogP contribution in [0.2, 0.25) is 0 Å². The number of carbonyl (C=O) groups excluding carboxylic acids is 1. The third kappa shape index (κ3) is 3.20. The van der Waals surface area contributed by atoms with Gasteiger partial charge in [0.25, 0.3) is 0 Å². The molecule has 18 heavy (non-hydrogen) atoms. The Kier molecular flexibility index (Phi) is 4.54. The smallest absolute Gasteiger partial charge is 0.162 e. The van der Waals surface area contributed by atoms with Gasteiger partial charge in [0.15, 0.2) is 5.78 Å². The number of Topliss-reactive ketones (excluding diaryl/α,β-unsaturated/α-hetero) is 1. The van der Waals surface area contributed by atoms with Gasteiger partial charge in [-0.25, -0.2) is 0 Å². The Morgan fingerprint density at radius 3 is 2.39 bits per heavy atom. The van der Waals surface area contributed by atoms with Crippen LogP contribution in [-0.4, -0.2) is 29.3 Å². The molecule has 2 atom stereocenters. The maximum absolute atomic E-state index is 12.0. The molecule has 1 aromatic rings. The highest BCUT2D eigenvalue weighted by Gasteiger charge is 2.26. The summed E-state index contributed by atoms with van der Waals surface area (Å²) in [6, 6.07) is 11.0. The minimum absolute atomic E-state index is 0.273. The second-order valence-electron chi connectivity index (χ2n) is 5.41. The van der Waals surface area contributed by atoms with Gasteiger partial charge >= 0.3 is 0 Å². The second-order valence-corrected chi connectivity index (χ2v) is 5.41. The van der Waals surface area contributed by atoms with Crippen LogP contribution in [0.15, 0.2) is 30.3 Å². The lowest BCUT2D eigenvalue weighted by atomic mass is 10.1. The quantitative estimate of drug-likeness (QED) is 0.740. The molecule has 1 heterocycles. The molecule has 0 saturated carbocycles. The van der Waals surface area contributed by atoms with Gasteiger partial charge in [0.2, 0.25) is 0 Å². The molecule has 0 spiro atoms. The van der Waals surface area contributed by atoms with Crippen molar-refractivity contribution in [1.82, 2.24) is 4.90 Å². The fourth-order valence-electron chi connectivity index (χ4n) is 2.88. The summed E-state index contributed by atoms with van der Waals surface area (Å²) in [5.74, 6) is 0.273. The molecule has 0 radical (unpaired) electrons. The molecule has 0 N–H and O–H groups in total. The second kappa shape index (κ2) is 6.14. The number of hydrogen-bond donors (Lipinski definition) is 0. The Labute approximate surface area is 110 Å². The van der Waals surface area contributed by atoms with E-state index in [4.69, 9.17) is 0 Å². The molecule has 0 aromatic heterocycles. The number of nitrogens with zero attached hydrogens (tertiary/aromatic N) is 1. The maximum atomic E-state index is 12.0. The number of benzene rings is 1. The van der Waals surface area contributed by atoms with E-state index in [1.165, 1.54) is 12.8 Å². The van der Waals surface area contributed by atoms with Crippen LogP contribution in [0, 0.1) is 0 Å². The van der Waals surface area contributed by atoms with E-state index in [2.05, 4.69) is 18.7 Å². The van der Waals surface area contributed by atoms with Crippen LogP contribution in [0.1, 0.15) is 49.9 Å². The first-order valence-corrected chi connectivity index (χ1v) is 7.02. The van der Waals surface area contributed by atoms with Gasteiger partial charge in [-0.2, -0.15) is 0 Å². The van der Waals surface area contributed by atoms with Gasteiger partial charge in [0.05, 0.1) is 0 Å². The van der Waals surface area contributed by atoms with E-state index in [1.54, 1.807) is 0 Å². The Bertz CT molecular complexity index is 377. The third-order valence-corrected chi connectivity index (χ3v) is 4.05. The summed E-state index contributed by atoms with van der Waals surface area (Å²) >= 11 is 0. The highest BCUT2D eigenvalue weighted by molar-refractivity contribution is 5.95. The molecule has 2 heteroatoms. The lowest BCUT2D eigenvalue weighted by molar-refractivity contribution is 0.0970. The molecular formula is C16H23NO. The highest BCUT2D eigenvalue weighted by atomic mass is 16.1. The van der Waals surface area contributed by atoms with E-state index < -0.39 is 0 Å². The molecule has 0 aliphatic carbocycles. The average molecular weight is 245 g/mol. The SMILES string of the molecule is C[C@@H]1CC[C@H](C)N1CCCC(=O)c1ccccc1. The molecule has 1 aliphatic rings. The van der Waals surface area contributed by atoms with Crippen molar-refractivity contribution in [1.29, 1.82) is 0 Å². The van der Waals surface area contributed by atoms with E-state index in [9.17, 15) is 4.79 Å². The monoisotopic (exact) mass is 245 g/mol. The predicted molar refractivity (Wildman–Crippen MR) is 74.9 cm³/mol. The molecule has 0 amide bonds. The van der Waals surface area contributed by atoms with E-state index in [0.717, 1.165) is 18.5 Å². The van der Waals surface area contributed by atoms with E-state index in [-0.39, 0.29) is 5.78 Å². The molecule has 1 saturated heterocycles. The number of ketones is 1. The first kappa shape index (κ1) is 13.3. The van der Waals surface area contributed by atoms with Crippen molar-refractivity contribution >= 4 is 5.78 Å². The van der Waals surface area contributed by atoms with Crippen LogP contribution in [0.5, 0.6) is 0 Å². The fourth-order valence-corrected chi connectivity index (χ4v) is 2.88. The minimum atomic E-state index is 0.273. The molecular weight excluding hydrogens is 222 g/mol. The van der Waals surface area contributed by atoms with E-state index in [1.807, 2.05) is 30.3 Å². The van der Waals surface area contributed by atoms with E-state index >= 15 is 0 Å². The molecule has 2 nitrogen and oxygen atoms in total. The van der Waals surface area contributed by atoms with Gasteiger partial charge in [0.1, 0.15) is 0 Å². The van der Waals surface area contributed by atoms with Gasteiger partial charge in [-0.3, -0.25) is 9.69 Å². The van der Waals surface area contributed by atoms with Crippen molar-refractivity contribution in [3.8, 4) is 0 Å². The Hall–Kier alpha value is -1.15. The van der Waals surface area contributed by atoms with Gasteiger partial charge in [-0.15, -0.1) is 0 Å². The van der Waals surface area contributed by atoms with Crippen molar-refractivity contribution in [2.75, 3.05) is 6.54 Å².